The van der Waals surface area contributed by atoms with Crippen molar-refractivity contribution in [3.05, 3.63) is 53.6 Å². The molecule has 2 aromatic carbocycles. The van der Waals surface area contributed by atoms with Crippen molar-refractivity contribution in [2.24, 2.45) is 5.16 Å². The summed E-state index contributed by atoms with van der Waals surface area (Å²) >= 11 is 0. The van der Waals surface area contributed by atoms with Crippen molar-refractivity contribution in [3.8, 4) is 17.2 Å². The van der Waals surface area contributed by atoms with Crippen molar-refractivity contribution >= 4 is 6.21 Å². The van der Waals surface area contributed by atoms with E-state index in [1.54, 1.807) is 6.07 Å². The standard InChI is InChI=1S/C18H19F2NO4/c1-13-3-6-15(7-4-13)23-9-10-24-21-12-14-5-8-16(25-18(19)20)17(11-14)22-2/h3-8,11-12,18H,9-10H2,1-2H3/b21-12+. The quantitative estimate of drug-likeness (QED) is 0.389. The van der Waals surface area contributed by atoms with E-state index >= 15 is 0 Å². The third kappa shape index (κ3) is 6.29. The molecule has 0 fully saturated rings. The van der Waals surface area contributed by atoms with Crippen LogP contribution in [0.5, 0.6) is 17.2 Å². The number of halogens is 2. The van der Waals surface area contributed by atoms with Crippen LogP contribution in [0.25, 0.3) is 0 Å². The predicted octanol–water partition coefficient (Wildman–Crippen LogP) is 4.03. The van der Waals surface area contributed by atoms with Gasteiger partial charge < -0.3 is 19.0 Å². The van der Waals surface area contributed by atoms with Crippen molar-refractivity contribution in [1.29, 1.82) is 0 Å². The van der Waals surface area contributed by atoms with Crippen molar-refractivity contribution in [3.63, 3.8) is 0 Å². The van der Waals surface area contributed by atoms with Gasteiger partial charge in [0.15, 0.2) is 18.1 Å². The fraction of sp³-hybridized carbons (Fsp3) is 0.278. The maximum atomic E-state index is 12.3. The van der Waals surface area contributed by atoms with E-state index in [1.807, 2.05) is 31.2 Å². The molecule has 0 N–H and O–H groups in total. The topological polar surface area (TPSA) is 49.3 Å². The van der Waals surface area contributed by atoms with Crippen LogP contribution in [-0.2, 0) is 4.84 Å². The zero-order valence-electron chi connectivity index (χ0n) is 13.9. The lowest BCUT2D eigenvalue weighted by Gasteiger charge is -2.09. The summed E-state index contributed by atoms with van der Waals surface area (Å²) in [4.78, 5) is 5.10. The molecule has 0 atom stereocenters. The molecule has 0 spiro atoms. The Morgan fingerprint density at radius 3 is 2.48 bits per heavy atom. The molecule has 0 heterocycles. The molecule has 5 nitrogen and oxygen atoms in total. The minimum absolute atomic E-state index is 0.0398. The Hall–Kier alpha value is -2.83. The van der Waals surface area contributed by atoms with Crippen LogP contribution in [0.3, 0.4) is 0 Å². The Kier molecular flexibility index (Phi) is 7.00. The second kappa shape index (κ2) is 9.46. The van der Waals surface area contributed by atoms with Gasteiger partial charge in [-0.2, -0.15) is 8.78 Å². The molecule has 0 aliphatic carbocycles. The molecule has 25 heavy (non-hydrogen) atoms. The van der Waals surface area contributed by atoms with Crippen LogP contribution < -0.4 is 14.2 Å². The van der Waals surface area contributed by atoms with Crippen molar-refractivity contribution in [1.82, 2.24) is 0 Å². The second-order valence-corrected chi connectivity index (χ2v) is 5.02. The molecule has 0 amide bonds. The Balaban J connectivity index is 1.78. The molecule has 134 valence electrons. The first-order valence-corrected chi connectivity index (χ1v) is 7.56. The Labute approximate surface area is 144 Å². The average molecular weight is 351 g/mol. The third-order valence-electron chi connectivity index (χ3n) is 3.14. The van der Waals surface area contributed by atoms with E-state index in [2.05, 4.69) is 9.89 Å². The first-order valence-electron chi connectivity index (χ1n) is 7.56. The van der Waals surface area contributed by atoms with Gasteiger partial charge in [-0.25, -0.2) is 0 Å². The van der Waals surface area contributed by atoms with Crippen LogP contribution in [0, 0.1) is 6.92 Å². The number of benzene rings is 2. The second-order valence-electron chi connectivity index (χ2n) is 5.02. The van der Waals surface area contributed by atoms with Gasteiger partial charge in [-0.15, -0.1) is 0 Å². The summed E-state index contributed by atoms with van der Waals surface area (Å²) in [6, 6.07) is 12.2. The highest BCUT2D eigenvalue weighted by Crippen LogP contribution is 2.28. The van der Waals surface area contributed by atoms with E-state index in [-0.39, 0.29) is 18.1 Å². The van der Waals surface area contributed by atoms with E-state index in [9.17, 15) is 8.78 Å². The summed E-state index contributed by atoms with van der Waals surface area (Å²) in [5.74, 6) is 0.909. The van der Waals surface area contributed by atoms with Crippen LogP contribution in [0.4, 0.5) is 8.78 Å². The molecule has 0 aliphatic heterocycles. The summed E-state index contributed by atoms with van der Waals surface area (Å²) in [5, 5.41) is 3.80. The van der Waals surface area contributed by atoms with Gasteiger partial charge in [0.1, 0.15) is 12.4 Å². The first kappa shape index (κ1) is 18.5. The Morgan fingerprint density at radius 1 is 1.04 bits per heavy atom. The lowest BCUT2D eigenvalue weighted by Crippen LogP contribution is -2.04. The molecular formula is C18H19F2NO4. The number of rotatable bonds is 9. The molecule has 2 rings (SSSR count). The first-order chi connectivity index (χ1) is 12.1. The molecule has 0 radical (unpaired) electrons. The molecular weight excluding hydrogens is 332 g/mol. The van der Waals surface area contributed by atoms with E-state index in [0.29, 0.717) is 12.2 Å². The van der Waals surface area contributed by atoms with Crippen LogP contribution in [-0.4, -0.2) is 33.1 Å². The Bertz CT molecular complexity index is 690. The number of methoxy groups -OCH3 is 1. The normalized spacial score (nSPS) is 10.9. The third-order valence-corrected chi connectivity index (χ3v) is 3.14. The molecule has 0 bridgehead atoms. The van der Waals surface area contributed by atoms with Gasteiger partial charge in [-0.05, 0) is 37.3 Å². The fourth-order valence-corrected chi connectivity index (χ4v) is 1.94. The lowest BCUT2D eigenvalue weighted by atomic mass is 10.2. The number of hydrogen-bond acceptors (Lipinski definition) is 5. The molecule has 0 saturated heterocycles. The monoisotopic (exact) mass is 351 g/mol. The molecule has 7 heteroatoms. The molecule has 0 saturated carbocycles. The predicted molar refractivity (Wildman–Crippen MR) is 89.8 cm³/mol. The van der Waals surface area contributed by atoms with E-state index in [0.717, 1.165) is 11.3 Å². The van der Waals surface area contributed by atoms with Crippen molar-refractivity contribution in [2.45, 2.75) is 13.5 Å². The van der Waals surface area contributed by atoms with E-state index < -0.39 is 6.61 Å². The number of nitrogens with zero attached hydrogens (tertiary/aromatic N) is 1. The Morgan fingerprint density at radius 2 is 1.80 bits per heavy atom. The largest absolute Gasteiger partial charge is 0.493 e. The molecule has 0 aliphatic rings. The SMILES string of the molecule is COc1cc(/C=N/OCCOc2ccc(C)cc2)ccc1OC(F)F. The maximum Gasteiger partial charge on any atom is 0.387 e. The number of ether oxygens (including phenoxy) is 3. The van der Waals surface area contributed by atoms with Crippen LogP contribution in [0.1, 0.15) is 11.1 Å². The minimum Gasteiger partial charge on any atom is -0.493 e. The van der Waals surface area contributed by atoms with Crippen LogP contribution in [0.2, 0.25) is 0 Å². The van der Waals surface area contributed by atoms with Crippen LogP contribution >= 0.6 is 0 Å². The smallest absolute Gasteiger partial charge is 0.387 e. The van der Waals surface area contributed by atoms with Crippen molar-refractivity contribution < 1.29 is 27.8 Å². The summed E-state index contributed by atoms with van der Waals surface area (Å²) < 4.78 is 39.4. The van der Waals surface area contributed by atoms with Gasteiger partial charge in [0, 0.05) is 5.56 Å². The summed E-state index contributed by atoms with van der Waals surface area (Å²) in [7, 11) is 1.37. The lowest BCUT2D eigenvalue weighted by molar-refractivity contribution is -0.0512. The number of hydrogen-bond donors (Lipinski definition) is 0. The fourth-order valence-electron chi connectivity index (χ4n) is 1.94. The maximum absolute atomic E-state index is 12.3. The van der Waals surface area contributed by atoms with E-state index in [1.165, 1.54) is 25.5 Å². The summed E-state index contributed by atoms with van der Waals surface area (Å²) in [6.07, 6.45) is 1.44. The number of alkyl halides is 2. The highest BCUT2D eigenvalue weighted by Gasteiger charge is 2.10. The zero-order chi connectivity index (χ0) is 18.1. The zero-order valence-corrected chi connectivity index (χ0v) is 13.9. The average Bonchev–Trinajstić information content (AvgIpc) is 2.60. The van der Waals surface area contributed by atoms with Gasteiger partial charge in [-0.1, -0.05) is 22.9 Å². The van der Waals surface area contributed by atoms with Gasteiger partial charge in [0.05, 0.1) is 13.3 Å². The van der Waals surface area contributed by atoms with E-state index in [4.69, 9.17) is 14.3 Å². The number of aryl methyl sites for hydroxylation is 1. The summed E-state index contributed by atoms with van der Waals surface area (Å²) in [5.41, 5.74) is 1.78. The van der Waals surface area contributed by atoms with Crippen molar-refractivity contribution in [2.75, 3.05) is 20.3 Å². The number of oxime groups is 1. The molecule has 2 aromatic rings. The highest BCUT2D eigenvalue weighted by atomic mass is 19.3. The molecule has 0 unspecified atom stereocenters. The van der Waals surface area contributed by atoms with Gasteiger partial charge in [0.25, 0.3) is 0 Å². The molecule has 0 aromatic heterocycles. The van der Waals surface area contributed by atoms with Gasteiger partial charge >= 0.3 is 6.61 Å². The van der Waals surface area contributed by atoms with Gasteiger partial charge in [0.2, 0.25) is 0 Å². The van der Waals surface area contributed by atoms with Gasteiger partial charge in [-0.3, -0.25) is 0 Å². The highest BCUT2D eigenvalue weighted by molar-refractivity contribution is 5.80. The van der Waals surface area contributed by atoms with Crippen LogP contribution in [0.15, 0.2) is 47.6 Å². The summed E-state index contributed by atoms with van der Waals surface area (Å²) in [6.45, 7) is -0.285. The minimum atomic E-state index is -2.91.